The molecule has 0 saturated carbocycles. The van der Waals surface area contributed by atoms with Crippen LogP contribution in [0.4, 0.5) is 0 Å². The first-order chi connectivity index (χ1) is 6.27. The second kappa shape index (κ2) is 3.67. The first-order valence-corrected chi connectivity index (χ1v) is 5.05. The maximum atomic E-state index is 10.8. The third kappa shape index (κ3) is 1.86. The van der Waals surface area contributed by atoms with Crippen molar-refractivity contribution in [1.29, 1.82) is 0 Å². The molecule has 2 aliphatic heterocycles. The average Bonchev–Trinajstić information content (AvgIpc) is 2.53. The maximum Gasteiger partial charge on any atom is 0.333 e. The SMILES string of the molecule is O=C1C=C(N2CCOCC2Br)CO1. The Bertz CT molecular complexity index is 254. The van der Waals surface area contributed by atoms with Crippen LogP contribution >= 0.6 is 15.9 Å². The lowest BCUT2D eigenvalue weighted by Crippen LogP contribution is -2.41. The van der Waals surface area contributed by atoms with Crippen LogP contribution in [0.15, 0.2) is 11.8 Å². The highest BCUT2D eigenvalue weighted by Crippen LogP contribution is 2.21. The van der Waals surface area contributed by atoms with E-state index in [2.05, 4.69) is 20.8 Å². The Morgan fingerprint density at radius 2 is 2.46 bits per heavy atom. The maximum absolute atomic E-state index is 10.8. The summed E-state index contributed by atoms with van der Waals surface area (Å²) in [5.41, 5.74) is 0.940. The van der Waals surface area contributed by atoms with Gasteiger partial charge in [-0.2, -0.15) is 0 Å². The normalized spacial score (nSPS) is 28.7. The van der Waals surface area contributed by atoms with Crippen molar-refractivity contribution < 1.29 is 14.3 Å². The van der Waals surface area contributed by atoms with E-state index in [1.165, 1.54) is 0 Å². The van der Waals surface area contributed by atoms with Crippen LogP contribution < -0.4 is 0 Å². The molecule has 5 heteroatoms. The number of carbonyl (C=O) groups is 1. The average molecular weight is 248 g/mol. The first kappa shape index (κ1) is 9.02. The van der Waals surface area contributed by atoms with E-state index >= 15 is 0 Å². The lowest BCUT2D eigenvalue weighted by Gasteiger charge is -2.33. The van der Waals surface area contributed by atoms with Crippen molar-refractivity contribution in [3.63, 3.8) is 0 Å². The second-order valence-corrected chi connectivity index (χ2v) is 4.00. The summed E-state index contributed by atoms with van der Waals surface area (Å²) in [6.45, 7) is 2.54. The number of carbonyl (C=O) groups excluding carboxylic acids is 1. The van der Waals surface area contributed by atoms with Gasteiger partial charge in [0.1, 0.15) is 11.6 Å². The predicted molar refractivity (Wildman–Crippen MR) is 49.3 cm³/mol. The van der Waals surface area contributed by atoms with Crippen LogP contribution in [0.25, 0.3) is 0 Å². The van der Waals surface area contributed by atoms with Gasteiger partial charge in [-0.3, -0.25) is 0 Å². The number of hydrogen-bond donors (Lipinski definition) is 0. The minimum absolute atomic E-state index is 0.155. The third-order valence-electron chi connectivity index (χ3n) is 2.09. The van der Waals surface area contributed by atoms with Crippen molar-refractivity contribution in [2.24, 2.45) is 0 Å². The summed E-state index contributed by atoms with van der Waals surface area (Å²) in [6.07, 6.45) is 1.54. The number of cyclic esters (lactones) is 1. The lowest BCUT2D eigenvalue weighted by molar-refractivity contribution is -0.135. The van der Waals surface area contributed by atoms with Gasteiger partial charge in [0.2, 0.25) is 0 Å². The van der Waals surface area contributed by atoms with Crippen molar-refractivity contribution in [2.75, 3.05) is 26.4 Å². The highest BCUT2D eigenvalue weighted by molar-refractivity contribution is 9.09. The predicted octanol–water partition coefficient (Wildman–Crippen LogP) is 0.480. The number of hydrogen-bond acceptors (Lipinski definition) is 4. The number of halogens is 1. The molecule has 0 radical (unpaired) electrons. The van der Waals surface area contributed by atoms with Crippen LogP contribution in [0.3, 0.4) is 0 Å². The third-order valence-corrected chi connectivity index (χ3v) is 2.84. The van der Waals surface area contributed by atoms with Crippen molar-refractivity contribution in [3.05, 3.63) is 11.8 Å². The molecule has 2 heterocycles. The fraction of sp³-hybridized carbons (Fsp3) is 0.625. The van der Waals surface area contributed by atoms with Crippen molar-refractivity contribution in [2.45, 2.75) is 4.95 Å². The molecule has 13 heavy (non-hydrogen) atoms. The summed E-state index contributed by atoms with van der Waals surface area (Å²) in [6, 6.07) is 0. The minimum atomic E-state index is -0.249. The monoisotopic (exact) mass is 247 g/mol. The van der Waals surface area contributed by atoms with Gasteiger partial charge in [-0.25, -0.2) is 4.79 Å². The summed E-state index contributed by atoms with van der Waals surface area (Å²) in [7, 11) is 0. The highest BCUT2D eigenvalue weighted by atomic mass is 79.9. The van der Waals surface area contributed by atoms with Gasteiger partial charge in [0.05, 0.1) is 18.9 Å². The first-order valence-electron chi connectivity index (χ1n) is 4.13. The smallest absolute Gasteiger partial charge is 0.333 e. The molecule has 0 aromatic rings. The van der Waals surface area contributed by atoms with Gasteiger partial charge in [-0.15, -0.1) is 0 Å². The quantitative estimate of drug-likeness (QED) is 0.384. The second-order valence-electron chi connectivity index (χ2n) is 2.95. The Balaban J connectivity index is 2.06. The summed E-state index contributed by atoms with van der Waals surface area (Å²) < 4.78 is 10.1. The van der Waals surface area contributed by atoms with E-state index in [0.717, 1.165) is 12.2 Å². The molecule has 1 fully saturated rings. The Labute approximate surface area is 84.6 Å². The largest absolute Gasteiger partial charge is 0.456 e. The fourth-order valence-electron chi connectivity index (χ4n) is 1.43. The molecule has 0 amide bonds. The Morgan fingerprint density at radius 3 is 3.08 bits per heavy atom. The summed E-state index contributed by atoms with van der Waals surface area (Å²) in [4.78, 5) is 13.1. The molecule has 0 aliphatic carbocycles. The lowest BCUT2D eigenvalue weighted by atomic mass is 10.3. The minimum Gasteiger partial charge on any atom is -0.456 e. The van der Waals surface area contributed by atoms with Gasteiger partial charge in [0.15, 0.2) is 0 Å². The van der Waals surface area contributed by atoms with Gasteiger partial charge in [0.25, 0.3) is 0 Å². The van der Waals surface area contributed by atoms with E-state index in [-0.39, 0.29) is 10.9 Å². The van der Waals surface area contributed by atoms with Gasteiger partial charge < -0.3 is 14.4 Å². The number of nitrogens with zero attached hydrogens (tertiary/aromatic N) is 1. The number of alkyl halides is 1. The fourth-order valence-corrected chi connectivity index (χ4v) is 2.08. The van der Waals surface area contributed by atoms with Crippen LogP contribution in [-0.4, -0.2) is 42.2 Å². The molecule has 0 aromatic carbocycles. The molecule has 4 nitrogen and oxygen atoms in total. The molecule has 0 bridgehead atoms. The van der Waals surface area contributed by atoms with E-state index in [4.69, 9.17) is 9.47 Å². The summed E-state index contributed by atoms with van der Waals surface area (Å²) >= 11 is 3.48. The molecule has 72 valence electrons. The van der Waals surface area contributed by atoms with Gasteiger partial charge in [-0.1, -0.05) is 15.9 Å². The Hall–Kier alpha value is -0.550. The van der Waals surface area contributed by atoms with Crippen LogP contribution in [0.5, 0.6) is 0 Å². The Morgan fingerprint density at radius 1 is 1.62 bits per heavy atom. The molecular weight excluding hydrogens is 238 g/mol. The van der Waals surface area contributed by atoms with E-state index in [1.54, 1.807) is 6.08 Å². The van der Waals surface area contributed by atoms with Crippen LogP contribution in [0, 0.1) is 0 Å². The van der Waals surface area contributed by atoms with Crippen LogP contribution in [0.2, 0.25) is 0 Å². The van der Waals surface area contributed by atoms with Crippen molar-refractivity contribution in [3.8, 4) is 0 Å². The molecule has 2 rings (SSSR count). The van der Waals surface area contributed by atoms with E-state index in [0.29, 0.717) is 19.8 Å². The zero-order valence-corrected chi connectivity index (χ0v) is 8.62. The summed E-state index contributed by atoms with van der Waals surface area (Å²) in [5, 5.41) is 0. The van der Waals surface area contributed by atoms with Crippen molar-refractivity contribution >= 4 is 21.9 Å². The van der Waals surface area contributed by atoms with Crippen LogP contribution in [0.1, 0.15) is 0 Å². The molecule has 1 unspecified atom stereocenters. The zero-order valence-electron chi connectivity index (χ0n) is 7.03. The number of esters is 1. The molecule has 2 aliphatic rings. The van der Waals surface area contributed by atoms with E-state index < -0.39 is 0 Å². The van der Waals surface area contributed by atoms with E-state index in [9.17, 15) is 4.79 Å². The van der Waals surface area contributed by atoms with E-state index in [1.807, 2.05) is 0 Å². The molecule has 0 aromatic heterocycles. The number of rotatable bonds is 1. The Kier molecular flexibility index (Phi) is 2.55. The highest BCUT2D eigenvalue weighted by Gasteiger charge is 2.26. The van der Waals surface area contributed by atoms with Crippen molar-refractivity contribution in [1.82, 2.24) is 4.90 Å². The standard InChI is InChI=1S/C8H10BrNO3/c9-7-5-12-2-1-10(7)6-3-8(11)13-4-6/h3,7H,1-2,4-5H2. The summed E-state index contributed by atoms with van der Waals surface area (Å²) in [5.74, 6) is -0.249. The molecular formula is C8H10BrNO3. The van der Waals surface area contributed by atoms with Crippen LogP contribution in [-0.2, 0) is 14.3 Å². The molecule has 0 spiro atoms. The number of ether oxygens (including phenoxy) is 2. The number of morpholine rings is 1. The molecule has 1 atom stereocenters. The molecule has 0 N–H and O–H groups in total. The topological polar surface area (TPSA) is 38.8 Å². The van der Waals surface area contributed by atoms with Gasteiger partial charge >= 0.3 is 5.97 Å². The zero-order chi connectivity index (χ0) is 9.26. The van der Waals surface area contributed by atoms with Gasteiger partial charge in [0, 0.05) is 12.6 Å². The van der Waals surface area contributed by atoms with Gasteiger partial charge in [-0.05, 0) is 0 Å². The molecule has 1 saturated heterocycles.